The fraction of sp³-hybridized carbons (Fsp3) is 0.857. The lowest BCUT2D eigenvalue weighted by molar-refractivity contribution is -0.181. The molecular formula is C7H11F2NO2. The number of hydrogen-bond acceptors (Lipinski definition) is 3. The smallest absolute Gasteiger partial charge is 0.389 e. The van der Waals surface area contributed by atoms with Gasteiger partial charge in [-0.05, 0) is 19.4 Å². The summed E-state index contributed by atoms with van der Waals surface area (Å²) in [6.45, 7) is -1.69. The molecule has 70 valence electrons. The van der Waals surface area contributed by atoms with E-state index in [4.69, 9.17) is 0 Å². The van der Waals surface area contributed by atoms with Gasteiger partial charge in [-0.3, -0.25) is 4.79 Å². The first-order chi connectivity index (χ1) is 5.70. The van der Waals surface area contributed by atoms with Crippen molar-refractivity contribution in [3.8, 4) is 0 Å². The summed E-state index contributed by atoms with van der Waals surface area (Å²) in [5, 5.41) is 2.94. The van der Waals surface area contributed by atoms with Crippen LogP contribution in [0.4, 0.5) is 8.78 Å². The van der Waals surface area contributed by atoms with E-state index in [1.54, 1.807) is 0 Å². The average molecular weight is 179 g/mol. The molecule has 0 saturated carbocycles. The van der Waals surface area contributed by atoms with Crippen molar-refractivity contribution in [3.05, 3.63) is 0 Å². The molecule has 1 aliphatic rings. The molecule has 1 heterocycles. The number of rotatable bonds is 2. The van der Waals surface area contributed by atoms with Gasteiger partial charge in [-0.1, -0.05) is 0 Å². The lowest BCUT2D eigenvalue weighted by atomic mass is 10.0. The molecule has 5 heteroatoms. The van der Waals surface area contributed by atoms with E-state index < -0.39 is 18.5 Å². The zero-order valence-electron chi connectivity index (χ0n) is 6.56. The highest BCUT2D eigenvalue weighted by atomic mass is 19.3. The molecule has 12 heavy (non-hydrogen) atoms. The molecule has 0 aromatic rings. The Morgan fingerprint density at radius 2 is 2.33 bits per heavy atom. The summed E-state index contributed by atoms with van der Waals surface area (Å²) in [6, 6.07) is 0. The summed E-state index contributed by atoms with van der Waals surface area (Å²) in [5.74, 6) is -1.19. The third-order valence-electron chi connectivity index (χ3n) is 1.84. The Labute approximate surface area is 69.1 Å². The second-order valence-electron chi connectivity index (χ2n) is 2.74. The molecular weight excluding hydrogens is 168 g/mol. The Hall–Kier alpha value is -0.710. The minimum absolute atomic E-state index is 0.396. The number of halogens is 2. The van der Waals surface area contributed by atoms with E-state index in [1.807, 2.05) is 0 Å². The molecule has 1 N–H and O–H groups in total. The molecule has 0 aromatic heterocycles. The van der Waals surface area contributed by atoms with E-state index in [0.29, 0.717) is 13.0 Å². The fourth-order valence-electron chi connectivity index (χ4n) is 1.24. The van der Waals surface area contributed by atoms with Gasteiger partial charge in [-0.15, -0.1) is 0 Å². The summed E-state index contributed by atoms with van der Waals surface area (Å²) in [7, 11) is 0. The second kappa shape index (κ2) is 4.35. The van der Waals surface area contributed by atoms with Gasteiger partial charge in [0.05, 0.1) is 5.92 Å². The van der Waals surface area contributed by atoms with Crippen molar-refractivity contribution < 1.29 is 18.3 Å². The van der Waals surface area contributed by atoms with Crippen LogP contribution in [0.5, 0.6) is 0 Å². The van der Waals surface area contributed by atoms with Gasteiger partial charge >= 0.3 is 12.6 Å². The molecule has 0 radical (unpaired) electrons. The molecule has 1 saturated heterocycles. The van der Waals surface area contributed by atoms with Gasteiger partial charge in [-0.25, -0.2) is 0 Å². The number of nitrogens with one attached hydrogen (secondary N) is 1. The Morgan fingerprint density at radius 3 is 2.83 bits per heavy atom. The number of carbonyl (C=O) groups excluding carboxylic acids is 1. The van der Waals surface area contributed by atoms with Crippen LogP contribution in [0.3, 0.4) is 0 Å². The van der Waals surface area contributed by atoms with Crippen LogP contribution in [-0.2, 0) is 9.53 Å². The maximum Gasteiger partial charge on any atom is 0.389 e. The molecule has 1 unspecified atom stereocenters. The normalized spacial score (nSPS) is 24.1. The van der Waals surface area contributed by atoms with Crippen molar-refractivity contribution in [2.45, 2.75) is 19.5 Å². The van der Waals surface area contributed by atoms with Crippen LogP contribution in [0.2, 0.25) is 0 Å². The van der Waals surface area contributed by atoms with E-state index >= 15 is 0 Å². The third-order valence-corrected chi connectivity index (χ3v) is 1.84. The van der Waals surface area contributed by atoms with Crippen molar-refractivity contribution in [3.63, 3.8) is 0 Å². The van der Waals surface area contributed by atoms with Gasteiger partial charge in [0.1, 0.15) is 0 Å². The first-order valence-corrected chi connectivity index (χ1v) is 3.89. The van der Waals surface area contributed by atoms with Crippen LogP contribution in [-0.4, -0.2) is 25.7 Å². The lowest BCUT2D eigenvalue weighted by Crippen LogP contribution is -2.35. The average Bonchev–Trinajstić information content (AvgIpc) is 2.05. The SMILES string of the molecule is O=C(OC(F)F)C1CCCNC1. The monoisotopic (exact) mass is 179 g/mol. The molecule has 0 aliphatic carbocycles. The van der Waals surface area contributed by atoms with Gasteiger partial charge < -0.3 is 10.1 Å². The lowest BCUT2D eigenvalue weighted by Gasteiger charge is -2.20. The topological polar surface area (TPSA) is 38.3 Å². The highest BCUT2D eigenvalue weighted by molar-refractivity contribution is 5.72. The van der Waals surface area contributed by atoms with Gasteiger partial charge in [0.25, 0.3) is 0 Å². The second-order valence-corrected chi connectivity index (χ2v) is 2.74. The maximum atomic E-state index is 11.6. The number of alkyl halides is 2. The van der Waals surface area contributed by atoms with Gasteiger partial charge in [0.15, 0.2) is 0 Å². The summed E-state index contributed by atoms with van der Waals surface area (Å²) in [6.07, 6.45) is 1.47. The molecule has 1 fully saturated rings. The fourth-order valence-corrected chi connectivity index (χ4v) is 1.24. The molecule has 1 aliphatic heterocycles. The number of hydrogen-bond donors (Lipinski definition) is 1. The minimum Gasteiger partial charge on any atom is -0.403 e. The van der Waals surface area contributed by atoms with Crippen LogP contribution in [0, 0.1) is 5.92 Å². The number of carbonyl (C=O) groups is 1. The van der Waals surface area contributed by atoms with Crippen molar-refractivity contribution in [2.75, 3.05) is 13.1 Å². The predicted octanol–water partition coefficient (Wildman–Crippen LogP) is 0.752. The van der Waals surface area contributed by atoms with Crippen LogP contribution in [0.25, 0.3) is 0 Å². The third kappa shape index (κ3) is 2.73. The van der Waals surface area contributed by atoms with Crippen LogP contribution >= 0.6 is 0 Å². The van der Waals surface area contributed by atoms with Crippen molar-refractivity contribution >= 4 is 5.97 Å². The minimum atomic E-state index is -2.99. The molecule has 0 bridgehead atoms. The maximum absolute atomic E-state index is 11.6. The van der Waals surface area contributed by atoms with E-state index in [1.165, 1.54) is 0 Å². The number of ether oxygens (including phenoxy) is 1. The van der Waals surface area contributed by atoms with Gasteiger partial charge in [0.2, 0.25) is 0 Å². The quantitative estimate of drug-likeness (QED) is 0.636. The largest absolute Gasteiger partial charge is 0.403 e. The number of esters is 1. The van der Waals surface area contributed by atoms with Crippen molar-refractivity contribution in [2.24, 2.45) is 5.92 Å². The van der Waals surface area contributed by atoms with E-state index in [9.17, 15) is 13.6 Å². The van der Waals surface area contributed by atoms with Crippen molar-refractivity contribution in [1.29, 1.82) is 0 Å². The van der Waals surface area contributed by atoms with E-state index in [2.05, 4.69) is 10.1 Å². The van der Waals surface area contributed by atoms with E-state index in [-0.39, 0.29) is 0 Å². The first kappa shape index (κ1) is 9.38. The molecule has 1 rings (SSSR count). The summed E-state index contributed by atoms with van der Waals surface area (Å²) in [4.78, 5) is 10.9. The van der Waals surface area contributed by atoms with Crippen LogP contribution in [0.1, 0.15) is 12.8 Å². The molecule has 3 nitrogen and oxygen atoms in total. The Morgan fingerprint density at radius 1 is 1.58 bits per heavy atom. The standard InChI is InChI=1S/C7H11F2NO2/c8-7(9)12-6(11)5-2-1-3-10-4-5/h5,7,10H,1-4H2. The summed E-state index contributed by atoms with van der Waals surface area (Å²) in [5.41, 5.74) is 0. The first-order valence-electron chi connectivity index (χ1n) is 3.89. The van der Waals surface area contributed by atoms with Gasteiger partial charge in [-0.2, -0.15) is 8.78 Å². The van der Waals surface area contributed by atoms with Crippen molar-refractivity contribution in [1.82, 2.24) is 5.32 Å². The Kier molecular flexibility index (Phi) is 3.40. The zero-order valence-corrected chi connectivity index (χ0v) is 6.56. The molecule has 0 amide bonds. The van der Waals surface area contributed by atoms with Crippen LogP contribution in [0.15, 0.2) is 0 Å². The predicted molar refractivity (Wildman–Crippen MR) is 37.7 cm³/mol. The van der Waals surface area contributed by atoms with Crippen LogP contribution < -0.4 is 5.32 Å². The Bertz CT molecular complexity index is 157. The summed E-state index contributed by atoms with van der Waals surface area (Å²) < 4.78 is 26.9. The molecule has 0 spiro atoms. The zero-order chi connectivity index (χ0) is 8.97. The highest BCUT2D eigenvalue weighted by Crippen LogP contribution is 2.13. The molecule has 0 aromatic carbocycles. The van der Waals surface area contributed by atoms with E-state index in [0.717, 1.165) is 13.0 Å². The number of piperidine rings is 1. The highest BCUT2D eigenvalue weighted by Gasteiger charge is 2.24. The summed E-state index contributed by atoms with van der Waals surface area (Å²) >= 11 is 0. The van der Waals surface area contributed by atoms with Gasteiger partial charge in [0, 0.05) is 6.54 Å². The molecule has 1 atom stereocenters. The Balaban J connectivity index is 2.30.